The molecule has 0 bridgehead atoms. The molecule has 1 aromatic rings. The van der Waals surface area contributed by atoms with Gasteiger partial charge in [0.1, 0.15) is 6.04 Å². The molecule has 1 unspecified atom stereocenters. The Morgan fingerprint density at radius 2 is 2.00 bits per heavy atom. The summed E-state index contributed by atoms with van der Waals surface area (Å²) in [4.78, 5) is 28.5. The molecule has 29 heavy (non-hydrogen) atoms. The summed E-state index contributed by atoms with van der Waals surface area (Å²) in [6, 6.07) is 7.33. The van der Waals surface area contributed by atoms with Crippen LogP contribution in [0.25, 0.3) is 0 Å². The molecule has 0 aromatic heterocycles. The van der Waals surface area contributed by atoms with E-state index >= 15 is 0 Å². The number of para-hydroxylation sites is 1. The molecule has 0 spiro atoms. The normalized spacial score (nSPS) is 22.4. The highest BCUT2D eigenvalue weighted by atomic mass is 16.5. The molecule has 1 fully saturated rings. The van der Waals surface area contributed by atoms with Gasteiger partial charge in [0.15, 0.2) is 11.4 Å². The van der Waals surface area contributed by atoms with E-state index in [0.717, 1.165) is 51.2 Å². The van der Waals surface area contributed by atoms with E-state index in [1.807, 2.05) is 38.1 Å². The number of benzene rings is 1. The van der Waals surface area contributed by atoms with Gasteiger partial charge in [-0.05, 0) is 52.3 Å². The summed E-state index contributed by atoms with van der Waals surface area (Å²) in [6.45, 7) is 7.46. The maximum absolute atomic E-state index is 13.8. The van der Waals surface area contributed by atoms with Crippen LogP contribution in [0.5, 0.6) is 0 Å². The lowest BCUT2D eigenvalue weighted by Crippen LogP contribution is -2.57. The molecule has 1 saturated heterocycles. The highest BCUT2D eigenvalue weighted by Crippen LogP contribution is 2.40. The first-order valence-electron chi connectivity index (χ1n) is 10.3. The SMILES string of the molecule is COCCCN1CCC(C(=O)[N+]2(C(C)C)N=C(C(=O)NN)c3ccccc32)CC1. The van der Waals surface area contributed by atoms with Gasteiger partial charge >= 0.3 is 5.91 Å². The third-order valence-electron chi connectivity index (χ3n) is 5.97. The number of methoxy groups -OCH3 is 1. The van der Waals surface area contributed by atoms with Crippen molar-refractivity contribution in [3.8, 4) is 0 Å². The molecular formula is C21H32N5O3+. The van der Waals surface area contributed by atoms with E-state index in [2.05, 4.69) is 10.3 Å². The number of hydrogen-bond acceptors (Lipinski definition) is 6. The number of nitrogens with zero attached hydrogens (tertiary/aromatic N) is 3. The van der Waals surface area contributed by atoms with Crippen LogP contribution in [0, 0.1) is 5.92 Å². The van der Waals surface area contributed by atoms with Gasteiger partial charge in [0.25, 0.3) is 5.91 Å². The van der Waals surface area contributed by atoms with Crippen LogP contribution in [-0.2, 0) is 14.3 Å². The molecule has 158 valence electrons. The number of carbonyl (C=O) groups is 2. The fourth-order valence-electron chi connectivity index (χ4n) is 4.40. The lowest BCUT2D eigenvalue weighted by Gasteiger charge is -2.36. The van der Waals surface area contributed by atoms with E-state index in [1.54, 1.807) is 7.11 Å². The van der Waals surface area contributed by atoms with Crippen LogP contribution in [0.2, 0.25) is 0 Å². The van der Waals surface area contributed by atoms with Gasteiger partial charge in [-0.1, -0.05) is 17.2 Å². The highest BCUT2D eigenvalue weighted by molar-refractivity contribution is 6.47. The van der Waals surface area contributed by atoms with Crippen LogP contribution >= 0.6 is 0 Å². The third-order valence-corrected chi connectivity index (χ3v) is 5.97. The quantitative estimate of drug-likeness (QED) is 0.236. The van der Waals surface area contributed by atoms with Gasteiger partial charge in [-0.2, -0.15) is 0 Å². The van der Waals surface area contributed by atoms with Crippen LogP contribution in [0.1, 0.15) is 38.7 Å². The van der Waals surface area contributed by atoms with Crippen LogP contribution in [0.4, 0.5) is 5.69 Å². The molecule has 1 atom stereocenters. The number of quaternary nitrogens is 1. The number of likely N-dealkylation sites (tertiary alicyclic amines) is 1. The molecular weight excluding hydrogens is 370 g/mol. The second kappa shape index (κ2) is 9.13. The Balaban J connectivity index is 1.86. The number of piperidine rings is 1. The van der Waals surface area contributed by atoms with Crippen molar-refractivity contribution in [2.24, 2.45) is 16.9 Å². The van der Waals surface area contributed by atoms with Gasteiger partial charge in [-0.3, -0.25) is 10.2 Å². The first kappa shape index (κ1) is 21.6. The summed E-state index contributed by atoms with van der Waals surface area (Å²) in [5.41, 5.74) is 3.82. The fraction of sp³-hybridized carbons (Fsp3) is 0.571. The van der Waals surface area contributed by atoms with Gasteiger partial charge in [0.2, 0.25) is 0 Å². The van der Waals surface area contributed by atoms with Gasteiger partial charge in [0.05, 0.1) is 11.5 Å². The van der Waals surface area contributed by atoms with Crippen LogP contribution in [0.3, 0.4) is 0 Å². The predicted octanol–water partition coefficient (Wildman–Crippen LogP) is 1.39. The molecule has 0 radical (unpaired) electrons. The monoisotopic (exact) mass is 402 g/mol. The number of carbonyl (C=O) groups excluding carboxylic acids is 2. The molecule has 0 aliphatic carbocycles. The second-order valence-corrected chi connectivity index (χ2v) is 8.02. The van der Waals surface area contributed by atoms with E-state index in [0.29, 0.717) is 5.56 Å². The number of hydrazine groups is 1. The minimum absolute atomic E-state index is 0.0591. The zero-order chi connectivity index (χ0) is 21.0. The standard InChI is InChI=1S/C21H31N5O3/c1-15(2)26(18-8-5-4-7-17(18)19(24-26)20(27)23-22)21(28)16-9-12-25(13-10-16)11-6-14-29-3/h4-5,7-8,15-16H,6,9-14H2,1-3H3,(H2-,22,23,24,27)/p+1. The van der Waals surface area contributed by atoms with E-state index in [4.69, 9.17) is 15.7 Å². The van der Waals surface area contributed by atoms with Crippen molar-refractivity contribution in [2.45, 2.75) is 39.2 Å². The zero-order valence-electron chi connectivity index (χ0n) is 17.6. The smallest absolute Gasteiger partial charge is 0.348 e. The van der Waals surface area contributed by atoms with E-state index in [9.17, 15) is 9.59 Å². The maximum Gasteiger partial charge on any atom is 0.348 e. The Hall–Kier alpha value is -2.13. The van der Waals surface area contributed by atoms with Crippen molar-refractivity contribution in [3.05, 3.63) is 29.8 Å². The minimum Gasteiger partial charge on any atom is -0.385 e. The second-order valence-electron chi connectivity index (χ2n) is 8.02. The average molecular weight is 403 g/mol. The predicted molar refractivity (Wildman–Crippen MR) is 113 cm³/mol. The number of amides is 2. The van der Waals surface area contributed by atoms with Crippen molar-refractivity contribution in [2.75, 3.05) is 33.4 Å². The lowest BCUT2D eigenvalue weighted by molar-refractivity contribution is -0.137. The molecule has 8 nitrogen and oxygen atoms in total. The summed E-state index contributed by atoms with van der Waals surface area (Å²) < 4.78 is 4.96. The highest BCUT2D eigenvalue weighted by Gasteiger charge is 2.53. The molecule has 8 heteroatoms. The summed E-state index contributed by atoms with van der Waals surface area (Å²) in [6.07, 6.45) is 2.60. The summed E-state index contributed by atoms with van der Waals surface area (Å²) in [5, 5.41) is 4.70. The molecule has 0 saturated carbocycles. The van der Waals surface area contributed by atoms with Gasteiger partial charge in [-0.15, -0.1) is 4.59 Å². The molecule has 2 aliphatic rings. The summed E-state index contributed by atoms with van der Waals surface area (Å²) >= 11 is 0. The number of rotatable bonds is 7. The van der Waals surface area contributed by atoms with Gasteiger partial charge in [-0.25, -0.2) is 10.6 Å². The Morgan fingerprint density at radius 3 is 2.62 bits per heavy atom. The lowest BCUT2D eigenvalue weighted by atomic mass is 9.93. The summed E-state index contributed by atoms with van der Waals surface area (Å²) in [5.74, 6) is 4.87. The number of nitrogens with one attached hydrogen (secondary N) is 1. The van der Waals surface area contributed by atoms with E-state index < -0.39 is 5.91 Å². The van der Waals surface area contributed by atoms with Crippen LogP contribution in [0.15, 0.2) is 29.4 Å². The van der Waals surface area contributed by atoms with Crippen molar-refractivity contribution in [1.29, 1.82) is 0 Å². The molecule has 1 aromatic carbocycles. The Kier molecular flexibility index (Phi) is 6.79. The molecule has 2 amide bonds. The number of fused-ring (bicyclic) bond motifs is 1. The number of hydrogen-bond donors (Lipinski definition) is 2. The Bertz CT molecular complexity index is 786. The van der Waals surface area contributed by atoms with E-state index in [-0.39, 0.29) is 28.2 Å². The molecule has 2 heterocycles. The van der Waals surface area contributed by atoms with Crippen LogP contribution < -0.4 is 15.9 Å². The van der Waals surface area contributed by atoms with Crippen molar-refractivity contribution < 1.29 is 14.3 Å². The maximum atomic E-state index is 13.8. The Labute approximate surface area is 172 Å². The number of nitrogens with two attached hydrogens (primary N) is 1. The van der Waals surface area contributed by atoms with Gasteiger partial charge in [0, 0.05) is 26.3 Å². The first-order valence-corrected chi connectivity index (χ1v) is 10.3. The Morgan fingerprint density at radius 1 is 1.31 bits per heavy atom. The third kappa shape index (κ3) is 3.98. The minimum atomic E-state index is -0.473. The molecule has 3 rings (SSSR count). The molecule has 3 N–H and O–H groups in total. The fourth-order valence-corrected chi connectivity index (χ4v) is 4.40. The van der Waals surface area contributed by atoms with Crippen molar-refractivity contribution in [1.82, 2.24) is 14.9 Å². The number of ether oxygens (including phenoxy) is 1. The zero-order valence-corrected chi connectivity index (χ0v) is 17.6. The average Bonchev–Trinajstić information content (AvgIpc) is 3.10. The summed E-state index contributed by atoms with van der Waals surface area (Å²) in [7, 11) is 1.72. The van der Waals surface area contributed by atoms with Gasteiger partial charge < -0.3 is 9.64 Å². The van der Waals surface area contributed by atoms with Crippen molar-refractivity contribution >= 4 is 23.2 Å². The van der Waals surface area contributed by atoms with Crippen LogP contribution in [-0.4, -0.2) is 61.8 Å². The molecule has 2 aliphatic heterocycles. The van der Waals surface area contributed by atoms with E-state index in [1.165, 1.54) is 0 Å². The van der Waals surface area contributed by atoms with Crippen molar-refractivity contribution in [3.63, 3.8) is 0 Å². The topological polar surface area (TPSA) is 97.0 Å². The largest absolute Gasteiger partial charge is 0.385 e. The first-order chi connectivity index (χ1) is 14.0.